The van der Waals surface area contributed by atoms with Gasteiger partial charge >= 0.3 is 7.25 Å². The summed E-state index contributed by atoms with van der Waals surface area (Å²) in [6.07, 6.45) is 0. The summed E-state index contributed by atoms with van der Waals surface area (Å²) in [5.41, 5.74) is 6.35. The SMILES string of the molecule is F[B-](F)(F)F.c1ccc(-c2cc[s+]c(-c3ccccc3)c2-c2ccccc2)cc1. The van der Waals surface area contributed by atoms with Gasteiger partial charge in [0.25, 0.3) is 0 Å². The Labute approximate surface area is 171 Å². The molecule has 0 aliphatic heterocycles. The van der Waals surface area contributed by atoms with Crippen LogP contribution >= 0.6 is 11.3 Å². The summed E-state index contributed by atoms with van der Waals surface area (Å²) >= 11 is 1.80. The molecule has 0 bridgehead atoms. The molecule has 4 aromatic rings. The van der Waals surface area contributed by atoms with Crippen LogP contribution in [0.3, 0.4) is 0 Å². The van der Waals surface area contributed by atoms with Gasteiger partial charge in [0.2, 0.25) is 16.2 Å². The molecule has 0 amide bonds. The molecule has 6 heteroatoms. The number of rotatable bonds is 3. The van der Waals surface area contributed by atoms with E-state index in [2.05, 4.69) is 102 Å². The summed E-state index contributed by atoms with van der Waals surface area (Å²) in [7, 11) is -6.00. The van der Waals surface area contributed by atoms with E-state index in [1.807, 2.05) is 0 Å². The first kappa shape index (κ1) is 20.7. The fourth-order valence-corrected chi connectivity index (χ4v) is 3.94. The molecule has 0 aliphatic carbocycles. The molecule has 3 aromatic carbocycles. The second-order valence-electron chi connectivity index (χ2n) is 6.13. The van der Waals surface area contributed by atoms with E-state index < -0.39 is 7.25 Å². The summed E-state index contributed by atoms with van der Waals surface area (Å²) in [6, 6.07) is 34.2. The quantitative estimate of drug-likeness (QED) is 0.180. The molecule has 0 N–H and O–H groups in total. The molecule has 4 rings (SSSR count). The van der Waals surface area contributed by atoms with Crippen LogP contribution in [0.2, 0.25) is 0 Å². The van der Waals surface area contributed by atoms with Gasteiger partial charge in [0, 0.05) is 17.2 Å². The fraction of sp³-hybridized carbons (Fsp3) is 0. The van der Waals surface area contributed by atoms with E-state index in [4.69, 9.17) is 0 Å². The van der Waals surface area contributed by atoms with Crippen LogP contribution in [0.5, 0.6) is 0 Å². The van der Waals surface area contributed by atoms with Crippen molar-refractivity contribution in [2.24, 2.45) is 0 Å². The summed E-state index contributed by atoms with van der Waals surface area (Å²) in [5, 5.41) is 2.19. The third-order valence-corrected chi connectivity index (χ3v) is 5.05. The molecular formula is C23H17BF4S. The second-order valence-corrected chi connectivity index (χ2v) is 7.05. The molecule has 0 spiro atoms. The maximum atomic E-state index is 9.75. The van der Waals surface area contributed by atoms with Crippen LogP contribution in [0.25, 0.3) is 32.7 Å². The van der Waals surface area contributed by atoms with Gasteiger partial charge in [-0.1, -0.05) is 78.9 Å². The zero-order valence-electron chi connectivity index (χ0n) is 15.3. The zero-order chi connectivity index (χ0) is 20.7. The largest absolute Gasteiger partial charge is 0.673 e. The lowest BCUT2D eigenvalue weighted by Crippen LogP contribution is -2.02. The molecule has 1 heterocycles. The van der Waals surface area contributed by atoms with Crippen LogP contribution in [0.1, 0.15) is 0 Å². The average Bonchev–Trinajstić information content (AvgIpc) is 2.74. The van der Waals surface area contributed by atoms with Crippen LogP contribution in [-0.4, -0.2) is 7.25 Å². The van der Waals surface area contributed by atoms with Crippen LogP contribution in [0, 0.1) is 0 Å². The maximum Gasteiger partial charge on any atom is 0.673 e. The van der Waals surface area contributed by atoms with Crippen molar-refractivity contribution in [2.45, 2.75) is 0 Å². The van der Waals surface area contributed by atoms with Crippen molar-refractivity contribution in [3.05, 3.63) is 102 Å². The van der Waals surface area contributed by atoms with Gasteiger partial charge in [-0.05, 0) is 23.3 Å². The minimum absolute atomic E-state index is 1.25. The van der Waals surface area contributed by atoms with Gasteiger partial charge in [0.1, 0.15) is 0 Å². The van der Waals surface area contributed by atoms with Crippen LogP contribution < -0.4 is 0 Å². The third kappa shape index (κ3) is 5.99. The maximum absolute atomic E-state index is 9.75. The van der Waals surface area contributed by atoms with Gasteiger partial charge in [-0.3, -0.25) is 0 Å². The highest BCUT2D eigenvalue weighted by Gasteiger charge is 2.22. The molecule has 0 aliphatic rings. The lowest BCUT2D eigenvalue weighted by atomic mass is 9.93. The molecule has 1 aromatic heterocycles. The van der Waals surface area contributed by atoms with Crippen molar-refractivity contribution in [3.63, 3.8) is 0 Å². The minimum atomic E-state index is -6.00. The summed E-state index contributed by atoms with van der Waals surface area (Å²) in [6.45, 7) is 0. The molecule has 0 radical (unpaired) electrons. The zero-order valence-corrected chi connectivity index (χ0v) is 16.1. The molecule has 0 saturated heterocycles. The second kappa shape index (κ2) is 9.48. The van der Waals surface area contributed by atoms with Gasteiger partial charge < -0.3 is 17.3 Å². The Kier molecular flexibility index (Phi) is 6.78. The standard InChI is InChI=1S/C23H17S.BF4/c1-4-10-18(11-5-1)21-16-17-24-23(20-14-8-3-9-15-20)22(21)19-12-6-2-7-13-19;2-1(3,4)5/h1-17H;/q+1;-1. The molecule has 29 heavy (non-hydrogen) atoms. The van der Waals surface area contributed by atoms with E-state index in [1.165, 1.54) is 32.7 Å². The van der Waals surface area contributed by atoms with E-state index in [-0.39, 0.29) is 0 Å². The molecule has 0 fully saturated rings. The van der Waals surface area contributed by atoms with Crippen LogP contribution in [-0.2, 0) is 0 Å². The minimum Gasteiger partial charge on any atom is -0.418 e. The van der Waals surface area contributed by atoms with E-state index >= 15 is 0 Å². The van der Waals surface area contributed by atoms with Gasteiger partial charge in [0.05, 0.1) is 5.56 Å². The normalized spacial score (nSPS) is 10.8. The highest BCUT2D eigenvalue weighted by Crippen LogP contribution is 2.42. The lowest BCUT2D eigenvalue weighted by Gasteiger charge is -2.10. The Morgan fingerprint density at radius 2 is 0.931 bits per heavy atom. The molecule has 0 unspecified atom stereocenters. The van der Waals surface area contributed by atoms with Gasteiger partial charge in [0.15, 0.2) is 5.38 Å². The predicted octanol–water partition coefficient (Wildman–Crippen LogP) is 8.33. The average molecular weight is 412 g/mol. The number of benzene rings is 3. The van der Waals surface area contributed by atoms with E-state index in [0.29, 0.717) is 0 Å². The number of halogens is 4. The Morgan fingerprint density at radius 1 is 0.517 bits per heavy atom. The summed E-state index contributed by atoms with van der Waals surface area (Å²) < 4.78 is 39.0. The van der Waals surface area contributed by atoms with Crippen LogP contribution in [0.15, 0.2) is 102 Å². The molecule has 0 nitrogen and oxygen atoms in total. The molecule has 0 atom stereocenters. The van der Waals surface area contributed by atoms with Gasteiger partial charge in [-0.25, -0.2) is 0 Å². The Morgan fingerprint density at radius 3 is 1.41 bits per heavy atom. The Hall–Kier alpha value is -2.99. The Bertz CT molecular complexity index is 973. The van der Waals surface area contributed by atoms with Crippen molar-refractivity contribution < 1.29 is 17.3 Å². The first-order chi connectivity index (χ1) is 13.9. The van der Waals surface area contributed by atoms with Crippen molar-refractivity contribution in [1.82, 2.24) is 0 Å². The van der Waals surface area contributed by atoms with Crippen LogP contribution in [0.4, 0.5) is 17.3 Å². The Balaban J connectivity index is 0.000000431. The highest BCUT2D eigenvalue weighted by molar-refractivity contribution is 7.13. The van der Waals surface area contributed by atoms with E-state index in [0.717, 1.165) is 0 Å². The number of hydrogen-bond donors (Lipinski definition) is 0. The summed E-state index contributed by atoms with van der Waals surface area (Å²) in [4.78, 5) is 1.31. The number of hydrogen-bond acceptors (Lipinski definition) is 0. The van der Waals surface area contributed by atoms with Gasteiger partial charge in [-0.15, -0.1) is 0 Å². The predicted molar refractivity (Wildman–Crippen MR) is 115 cm³/mol. The molecule has 0 saturated carbocycles. The molecule has 146 valence electrons. The van der Waals surface area contributed by atoms with Crippen molar-refractivity contribution in [3.8, 4) is 32.7 Å². The summed E-state index contributed by atoms with van der Waals surface area (Å²) in [5.74, 6) is 0. The van der Waals surface area contributed by atoms with Gasteiger partial charge in [-0.2, -0.15) is 0 Å². The van der Waals surface area contributed by atoms with E-state index in [1.54, 1.807) is 11.3 Å². The first-order valence-electron chi connectivity index (χ1n) is 8.92. The monoisotopic (exact) mass is 412 g/mol. The van der Waals surface area contributed by atoms with Crippen molar-refractivity contribution >= 4 is 18.6 Å². The topological polar surface area (TPSA) is 0 Å². The van der Waals surface area contributed by atoms with Crippen molar-refractivity contribution in [1.29, 1.82) is 0 Å². The smallest absolute Gasteiger partial charge is 0.418 e. The molecular weight excluding hydrogens is 395 g/mol. The third-order valence-electron chi connectivity index (χ3n) is 4.10. The van der Waals surface area contributed by atoms with E-state index in [9.17, 15) is 17.3 Å². The highest BCUT2D eigenvalue weighted by atomic mass is 32.1. The first-order valence-corrected chi connectivity index (χ1v) is 9.80. The van der Waals surface area contributed by atoms with Crippen molar-refractivity contribution in [2.75, 3.05) is 0 Å². The lowest BCUT2D eigenvalue weighted by molar-refractivity contribution is 0.368. The fourth-order valence-electron chi connectivity index (χ4n) is 2.99.